The molecule has 1 N–H and O–H groups in total. The van der Waals surface area contributed by atoms with Gasteiger partial charge in [-0.2, -0.15) is 0 Å². The molecule has 0 spiro atoms. The number of aromatic nitrogens is 1. The second-order valence-electron chi connectivity index (χ2n) is 7.51. The van der Waals surface area contributed by atoms with Crippen LogP contribution >= 0.6 is 11.3 Å². The van der Waals surface area contributed by atoms with Gasteiger partial charge < -0.3 is 5.11 Å². The van der Waals surface area contributed by atoms with Crippen LogP contribution in [0, 0.1) is 27.7 Å². The Morgan fingerprint density at radius 1 is 1.03 bits per heavy atom. The summed E-state index contributed by atoms with van der Waals surface area (Å²) in [7, 11) is 0. The molecular weight excluding hydrogens is 396 g/mol. The van der Waals surface area contributed by atoms with E-state index in [1.807, 2.05) is 69.3 Å². The predicted molar refractivity (Wildman–Crippen MR) is 118 cm³/mol. The maximum atomic E-state index is 13.5. The van der Waals surface area contributed by atoms with Crippen LogP contribution in [0.15, 0.2) is 59.9 Å². The van der Waals surface area contributed by atoms with E-state index >= 15 is 0 Å². The maximum absolute atomic E-state index is 13.5. The molecule has 0 radical (unpaired) electrons. The van der Waals surface area contributed by atoms with Gasteiger partial charge in [0, 0.05) is 5.69 Å². The summed E-state index contributed by atoms with van der Waals surface area (Å²) < 4.78 is 0. The highest BCUT2D eigenvalue weighted by Gasteiger charge is 2.45. The lowest BCUT2D eigenvalue weighted by Gasteiger charge is -2.28. The van der Waals surface area contributed by atoms with Crippen LogP contribution in [0.2, 0.25) is 0 Å². The molecule has 2 aromatic carbocycles. The second kappa shape index (κ2) is 7.54. The van der Waals surface area contributed by atoms with Crippen molar-refractivity contribution >= 4 is 28.7 Å². The van der Waals surface area contributed by atoms with Crippen LogP contribution in [0.3, 0.4) is 0 Å². The van der Waals surface area contributed by atoms with Crippen LogP contribution in [-0.2, 0) is 4.79 Å². The average Bonchev–Trinajstić information content (AvgIpc) is 3.18. The van der Waals surface area contributed by atoms with E-state index in [4.69, 9.17) is 0 Å². The summed E-state index contributed by atoms with van der Waals surface area (Å²) in [5.74, 6) is -1.43. The van der Waals surface area contributed by atoms with Gasteiger partial charge in [-0.25, -0.2) is 4.98 Å². The molecule has 152 valence electrons. The molecule has 1 aliphatic rings. The van der Waals surface area contributed by atoms with Crippen molar-refractivity contribution in [3.8, 4) is 0 Å². The van der Waals surface area contributed by atoms with Crippen molar-refractivity contribution in [1.29, 1.82) is 0 Å². The molecule has 4 rings (SSSR count). The van der Waals surface area contributed by atoms with Gasteiger partial charge in [-0.1, -0.05) is 42.0 Å². The first-order valence-electron chi connectivity index (χ1n) is 9.67. The fourth-order valence-electron chi connectivity index (χ4n) is 3.86. The zero-order valence-corrected chi connectivity index (χ0v) is 18.1. The zero-order valence-electron chi connectivity index (χ0n) is 17.3. The van der Waals surface area contributed by atoms with E-state index in [1.54, 1.807) is 6.92 Å². The zero-order chi connectivity index (χ0) is 21.6. The number of ketones is 1. The predicted octanol–water partition coefficient (Wildman–Crippen LogP) is 5.16. The first-order valence-corrected chi connectivity index (χ1v) is 10.5. The molecule has 0 saturated heterocycles. The minimum Gasteiger partial charge on any atom is -0.503 e. The first kappa shape index (κ1) is 20.0. The van der Waals surface area contributed by atoms with Crippen LogP contribution in [0.25, 0.3) is 0 Å². The second-order valence-corrected chi connectivity index (χ2v) is 8.71. The molecule has 0 aliphatic carbocycles. The lowest BCUT2D eigenvalue weighted by molar-refractivity contribution is -0.117. The molecule has 1 atom stereocenters. The van der Waals surface area contributed by atoms with Crippen molar-refractivity contribution in [3.05, 3.63) is 92.1 Å². The fourth-order valence-corrected chi connectivity index (χ4v) is 4.74. The molecule has 5 nitrogen and oxygen atoms in total. The number of benzene rings is 2. The molecule has 1 unspecified atom stereocenters. The van der Waals surface area contributed by atoms with E-state index in [0.717, 1.165) is 21.7 Å². The molecule has 6 heteroatoms. The summed E-state index contributed by atoms with van der Waals surface area (Å²) >= 11 is 1.28. The summed E-state index contributed by atoms with van der Waals surface area (Å²) in [6.07, 6.45) is 0. The third-order valence-corrected chi connectivity index (χ3v) is 6.43. The van der Waals surface area contributed by atoms with Crippen LogP contribution in [0.1, 0.15) is 43.1 Å². The lowest BCUT2D eigenvalue weighted by atomic mass is 9.92. The Hall–Kier alpha value is -3.25. The number of aliphatic hydroxyl groups excluding tert-OH is 1. The molecule has 1 aromatic heterocycles. The monoisotopic (exact) mass is 418 g/mol. The van der Waals surface area contributed by atoms with Crippen molar-refractivity contribution in [2.24, 2.45) is 0 Å². The quantitative estimate of drug-likeness (QED) is 0.594. The van der Waals surface area contributed by atoms with Gasteiger partial charge in [0.2, 0.25) is 5.78 Å². The smallest absolute Gasteiger partial charge is 0.294 e. The number of amides is 1. The molecule has 0 bridgehead atoms. The minimum absolute atomic E-state index is 0.0987. The number of hydrogen-bond donors (Lipinski definition) is 1. The van der Waals surface area contributed by atoms with Crippen LogP contribution in [-0.4, -0.2) is 21.8 Å². The van der Waals surface area contributed by atoms with Crippen LogP contribution in [0.5, 0.6) is 0 Å². The summed E-state index contributed by atoms with van der Waals surface area (Å²) in [6, 6.07) is 14.4. The van der Waals surface area contributed by atoms with Gasteiger partial charge in [-0.15, -0.1) is 11.3 Å². The highest BCUT2D eigenvalue weighted by atomic mass is 32.1. The van der Waals surface area contributed by atoms with E-state index in [1.165, 1.54) is 16.2 Å². The number of aliphatic hydroxyl groups is 1. The first-order chi connectivity index (χ1) is 14.3. The minimum atomic E-state index is -0.712. The fraction of sp³-hybridized carbons (Fsp3) is 0.208. The van der Waals surface area contributed by atoms with Crippen LogP contribution < -0.4 is 4.90 Å². The summed E-state index contributed by atoms with van der Waals surface area (Å²) in [6.45, 7) is 7.51. The van der Waals surface area contributed by atoms with Crippen molar-refractivity contribution < 1.29 is 14.7 Å². The van der Waals surface area contributed by atoms with E-state index < -0.39 is 17.7 Å². The van der Waals surface area contributed by atoms with Crippen molar-refractivity contribution in [1.82, 2.24) is 4.98 Å². The van der Waals surface area contributed by atoms with Gasteiger partial charge in [0.05, 0.1) is 27.2 Å². The Kier molecular flexibility index (Phi) is 5.03. The highest BCUT2D eigenvalue weighted by Crippen LogP contribution is 2.43. The van der Waals surface area contributed by atoms with Gasteiger partial charge >= 0.3 is 0 Å². The molecular formula is C24H22N2O3S. The topological polar surface area (TPSA) is 70.5 Å². The number of carbonyl (C=O) groups is 2. The van der Waals surface area contributed by atoms with Gasteiger partial charge in [0.1, 0.15) is 0 Å². The molecule has 0 saturated carbocycles. The maximum Gasteiger partial charge on any atom is 0.294 e. The molecule has 2 heterocycles. The number of thiazole rings is 1. The molecule has 1 amide bonds. The molecule has 3 aromatic rings. The third kappa shape index (κ3) is 3.23. The van der Waals surface area contributed by atoms with Crippen molar-refractivity contribution in [3.63, 3.8) is 0 Å². The molecule has 1 aliphatic heterocycles. The Labute approximate surface area is 179 Å². The third-order valence-electron chi connectivity index (χ3n) is 5.36. The van der Waals surface area contributed by atoms with E-state index in [2.05, 4.69) is 4.98 Å². The Morgan fingerprint density at radius 2 is 1.70 bits per heavy atom. The summed E-state index contributed by atoms with van der Waals surface area (Å²) in [5.41, 5.74) is 4.13. The Morgan fingerprint density at radius 3 is 2.30 bits per heavy atom. The number of nitrogens with zero attached hydrogens (tertiary/aromatic N) is 2. The normalized spacial score (nSPS) is 16.5. The standard InChI is InChI=1S/C24H22N2O3S/c1-13-9-11-17(12-10-13)26-20(18-8-6-5-7-14(18)2)19(22(28)24(26)29)21(27)23-15(3)25-16(4)30-23/h5-12,20,28H,1-4H3. The van der Waals surface area contributed by atoms with E-state index in [9.17, 15) is 14.7 Å². The van der Waals surface area contributed by atoms with Crippen molar-refractivity contribution in [2.45, 2.75) is 33.7 Å². The summed E-state index contributed by atoms with van der Waals surface area (Å²) in [5, 5.41) is 11.6. The largest absolute Gasteiger partial charge is 0.503 e. The van der Waals surface area contributed by atoms with Gasteiger partial charge in [0.15, 0.2) is 5.76 Å². The number of Topliss-reactive ketones (excluding diaryl/α,β-unsaturated/α-hetero) is 1. The number of hydrogen-bond acceptors (Lipinski definition) is 5. The van der Waals surface area contributed by atoms with Gasteiger partial charge in [-0.3, -0.25) is 14.5 Å². The van der Waals surface area contributed by atoms with Gasteiger partial charge in [-0.05, 0) is 51.0 Å². The number of aryl methyl sites for hydroxylation is 4. The number of carbonyl (C=O) groups excluding carboxylic acids is 2. The number of anilines is 1. The summed E-state index contributed by atoms with van der Waals surface area (Å²) in [4.78, 5) is 33.0. The van der Waals surface area contributed by atoms with Crippen LogP contribution in [0.4, 0.5) is 5.69 Å². The van der Waals surface area contributed by atoms with Crippen molar-refractivity contribution in [2.75, 3.05) is 4.90 Å². The number of rotatable bonds is 4. The lowest BCUT2D eigenvalue weighted by Crippen LogP contribution is -2.31. The van der Waals surface area contributed by atoms with Gasteiger partial charge in [0.25, 0.3) is 5.91 Å². The molecule has 0 fully saturated rings. The Balaban J connectivity index is 1.92. The Bertz CT molecular complexity index is 1190. The highest BCUT2D eigenvalue weighted by molar-refractivity contribution is 7.14. The van der Waals surface area contributed by atoms with E-state index in [0.29, 0.717) is 16.3 Å². The molecule has 30 heavy (non-hydrogen) atoms. The SMILES string of the molecule is Cc1ccc(N2C(=O)C(O)=C(C(=O)c3sc(C)nc3C)C2c2ccccc2C)cc1. The average molecular weight is 419 g/mol. The van der Waals surface area contributed by atoms with E-state index in [-0.39, 0.29) is 11.4 Å².